The van der Waals surface area contributed by atoms with Crippen LogP contribution in [-0.4, -0.2) is 23.4 Å². The van der Waals surface area contributed by atoms with Crippen molar-refractivity contribution in [3.63, 3.8) is 0 Å². The summed E-state index contributed by atoms with van der Waals surface area (Å²) < 4.78 is 10.2. The largest absolute Gasteiger partial charge is 0.396 e. The number of hydrogen-bond donors (Lipinski definition) is 2. The second-order valence-electron chi connectivity index (χ2n) is 4.25. The van der Waals surface area contributed by atoms with E-state index in [2.05, 4.69) is 13.0 Å². The molecule has 0 aliphatic rings. The molecule has 1 aromatic carbocycles. The van der Waals surface area contributed by atoms with Crippen molar-refractivity contribution >= 4 is 14.5 Å². The Morgan fingerprint density at radius 1 is 1.09 bits per heavy atom. The van der Waals surface area contributed by atoms with Crippen LogP contribution in [0, 0.1) is 19.8 Å². The Hall–Kier alpha value is -1.02. The first-order valence-corrected chi connectivity index (χ1v) is 8.71. The van der Waals surface area contributed by atoms with E-state index in [1.807, 2.05) is 52.8 Å². The fourth-order valence-electron chi connectivity index (χ4n) is 1.18. The standard InChI is InChI=1S/C10H11OP.C4H10O2.2C2H6/c1-8-3-4-10(5-6-12-11)9(2)7-8;1-4(2-5)3-6;2*1-2/h3-7H,1-2H3;4-6H,2-3H2,1H3;2*1-2H3/b6-5+;;;. The Kier molecular flexibility index (Phi) is 23.5. The van der Waals surface area contributed by atoms with Gasteiger partial charge in [-0.3, -0.25) is 4.57 Å². The summed E-state index contributed by atoms with van der Waals surface area (Å²) in [6.45, 7) is 14.0. The Bertz CT molecular complexity index is 386. The van der Waals surface area contributed by atoms with E-state index in [0.29, 0.717) is 0 Å². The Morgan fingerprint density at radius 2 is 1.59 bits per heavy atom. The second-order valence-corrected chi connectivity index (χ2v) is 4.76. The predicted molar refractivity (Wildman–Crippen MR) is 98.6 cm³/mol. The van der Waals surface area contributed by atoms with E-state index >= 15 is 0 Å². The highest BCUT2D eigenvalue weighted by molar-refractivity contribution is 7.28. The van der Waals surface area contributed by atoms with Gasteiger partial charge in [-0.2, -0.15) is 0 Å². The quantitative estimate of drug-likeness (QED) is 0.744. The minimum absolute atomic E-state index is 0.0463. The summed E-state index contributed by atoms with van der Waals surface area (Å²) in [6.07, 6.45) is 1.86. The molecule has 0 spiro atoms. The minimum Gasteiger partial charge on any atom is -0.396 e. The molecule has 0 saturated carbocycles. The molecule has 128 valence electrons. The zero-order chi connectivity index (χ0) is 18.0. The van der Waals surface area contributed by atoms with Crippen LogP contribution in [0.3, 0.4) is 0 Å². The van der Waals surface area contributed by atoms with Crippen LogP contribution >= 0.6 is 8.46 Å². The number of aliphatic hydroxyl groups excluding tert-OH is 2. The van der Waals surface area contributed by atoms with Crippen molar-refractivity contribution in [3.8, 4) is 0 Å². The lowest BCUT2D eigenvalue weighted by atomic mass is 10.1. The highest BCUT2D eigenvalue weighted by Crippen LogP contribution is 2.13. The molecule has 0 aromatic heterocycles. The molecule has 4 heteroatoms. The Labute approximate surface area is 138 Å². The van der Waals surface area contributed by atoms with Crippen molar-refractivity contribution in [1.82, 2.24) is 0 Å². The fraction of sp³-hybridized carbons (Fsp3) is 0.556. The van der Waals surface area contributed by atoms with Crippen molar-refractivity contribution < 1.29 is 14.8 Å². The first kappa shape index (κ1) is 25.9. The molecule has 0 bridgehead atoms. The summed E-state index contributed by atoms with van der Waals surface area (Å²) in [4.78, 5) is 0. The maximum absolute atomic E-state index is 10.2. The van der Waals surface area contributed by atoms with Gasteiger partial charge < -0.3 is 10.2 Å². The smallest absolute Gasteiger partial charge is 0.184 e. The van der Waals surface area contributed by atoms with Gasteiger partial charge in [0.2, 0.25) is 0 Å². The number of aryl methyl sites for hydroxylation is 2. The third-order valence-corrected chi connectivity index (χ3v) is 2.63. The maximum Gasteiger partial charge on any atom is 0.184 e. The lowest BCUT2D eigenvalue weighted by Gasteiger charge is -2.00. The summed E-state index contributed by atoms with van der Waals surface area (Å²) in [5.41, 5.74) is 3.60. The van der Waals surface area contributed by atoms with Crippen molar-refractivity contribution in [2.45, 2.75) is 48.5 Å². The molecule has 0 fully saturated rings. The molecule has 0 aliphatic carbocycles. The van der Waals surface area contributed by atoms with Crippen LogP contribution in [0.15, 0.2) is 24.0 Å². The molecule has 22 heavy (non-hydrogen) atoms. The third kappa shape index (κ3) is 15.4. The monoisotopic (exact) mass is 328 g/mol. The molecule has 0 radical (unpaired) electrons. The number of benzene rings is 1. The van der Waals surface area contributed by atoms with Gasteiger partial charge in [0.25, 0.3) is 0 Å². The van der Waals surface area contributed by atoms with Crippen LogP contribution in [0.4, 0.5) is 0 Å². The molecule has 0 aliphatic heterocycles. The highest BCUT2D eigenvalue weighted by Gasteiger charge is 1.93. The van der Waals surface area contributed by atoms with Crippen molar-refractivity contribution in [2.24, 2.45) is 5.92 Å². The molecule has 0 saturated heterocycles. The first-order valence-electron chi connectivity index (χ1n) is 7.83. The van der Waals surface area contributed by atoms with Gasteiger partial charge in [-0.15, -0.1) is 0 Å². The van der Waals surface area contributed by atoms with Crippen molar-refractivity contribution in [2.75, 3.05) is 13.2 Å². The van der Waals surface area contributed by atoms with Crippen LogP contribution < -0.4 is 0 Å². The van der Waals surface area contributed by atoms with Crippen LogP contribution in [0.2, 0.25) is 0 Å². The molecular formula is C18H33O3P. The summed E-state index contributed by atoms with van der Waals surface area (Å²) in [6, 6.07) is 6.20. The summed E-state index contributed by atoms with van der Waals surface area (Å²) >= 11 is 0. The normalized spacial score (nSPS) is 9.36. The van der Waals surface area contributed by atoms with Crippen LogP contribution in [-0.2, 0) is 4.57 Å². The zero-order valence-electron chi connectivity index (χ0n) is 15.1. The predicted octanol–water partition coefficient (Wildman–Crippen LogP) is 5.23. The van der Waals surface area contributed by atoms with Crippen LogP contribution in [0.5, 0.6) is 0 Å². The van der Waals surface area contributed by atoms with Gasteiger partial charge in [-0.1, -0.05) is 58.4 Å². The van der Waals surface area contributed by atoms with Gasteiger partial charge in [0.1, 0.15) is 0 Å². The lowest BCUT2D eigenvalue weighted by Crippen LogP contribution is -2.04. The van der Waals surface area contributed by atoms with Crippen LogP contribution in [0.1, 0.15) is 51.3 Å². The van der Waals surface area contributed by atoms with Crippen molar-refractivity contribution in [1.29, 1.82) is 0 Å². The van der Waals surface area contributed by atoms with Crippen molar-refractivity contribution in [3.05, 3.63) is 40.7 Å². The van der Waals surface area contributed by atoms with E-state index < -0.39 is 0 Å². The molecule has 2 N–H and O–H groups in total. The van der Waals surface area contributed by atoms with Gasteiger partial charge in [-0.25, -0.2) is 0 Å². The zero-order valence-corrected chi connectivity index (χ0v) is 16.0. The number of hydrogen-bond acceptors (Lipinski definition) is 3. The Morgan fingerprint density at radius 3 is 1.91 bits per heavy atom. The highest BCUT2D eigenvalue weighted by atomic mass is 31.1. The second kappa shape index (κ2) is 20.0. The van der Waals surface area contributed by atoms with Gasteiger partial charge >= 0.3 is 0 Å². The van der Waals surface area contributed by atoms with E-state index in [1.165, 1.54) is 11.1 Å². The maximum atomic E-state index is 10.2. The van der Waals surface area contributed by atoms with Gasteiger partial charge in [0.05, 0.1) is 0 Å². The summed E-state index contributed by atoms with van der Waals surface area (Å²) in [5.74, 6) is 1.66. The molecule has 1 aromatic rings. The summed E-state index contributed by atoms with van der Waals surface area (Å²) in [7, 11) is 0.0626. The molecule has 0 atom stereocenters. The third-order valence-electron chi connectivity index (χ3n) is 2.36. The molecule has 3 nitrogen and oxygen atoms in total. The van der Waals surface area contributed by atoms with E-state index in [0.717, 1.165) is 5.56 Å². The molecule has 0 amide bonds. The lowest BCUT2D eigenvalue weighted by molar-refractivity contribution is 0.162. The first-order chi connectivity index (χ1) is 10.5. The summed E-state index contributed by atoms with van der Waals surface area (Å²) in [5, 5.41) is 16.3. The van der Waals surface area contributed by atoms with Gasteiger partial charge in [0, 0.05) is 24.9 Å². The number of rotatable bonds is 4. The molecule has 0 heterocycles. The fourth-order valence-corrected chi connectivity index (χ4v) is 1.40. The minimum atomic E-state index is 0.0463. The topological polar surface area (TPSA) is 57.5 Å². The van der Waals surface area contributed by atoms with E-state index in [-0.39, 0.29) is 27.6 Å². The van der Waals surface area contributed by atoms with Crippen LogP contribution in [0.25, 0.3) is 6.08 Å². The average molecular weight is 328 g/mol. The van der Waals surface area contributed by atoms with E-state index in [1.54, 1.807) is 12.7 Å². The average Bonchev–Trinajstić information content (AvgIpc) is 2.57. The van der Waals surface area contributed by atoms with Gasteiger partial charge in [0.15, 0.2) is 8.46 Å². The van der Waals surface area contributed by atoms with E-state index in [4.69, 9.17) is 10.2 Å². The van der Waals surface area contributed by atoms with Gasteiger partial charge in [-0.05, 0) is 31.1 Å². The molecular weight excluding hydrogens is 295 g/mol. The van der Waals surface area contributed by atoms with E-state index in [9.17, 15) is 4.57 Å². The SMILES string of the molecule is CC.CC.CC(CO)CO.Cc1ccc(/C=C/P=O)c(C)c1. The molecule has 0 unspecified atom stereocenters. The number of aliphatic hydroxyl groups is 2. The Balaban J connectivity index is -0.000000306. The molecule has 1 rings (SSSR count).